The molecule has 1 aromatic carbocycles. The van der Waals surface area contributed by atoms with Gasteiger partial charge in [0.05, 0.1) is 6.33 Å². The van der Waals surface area contributed by atoms with Crippen LogP contribution in [0.2, 0.25) is 0 Å². The second-order valence-electron chi connectivity index (χ2n) is 4.60. The molecule has 0 amide bonds. The Kier molecular flexibility index (Phi) is 3.72. The van der Waals surface area contributed by atoms with E-state index in [1.54, 1.807) is 0 Å². The molecule has 0 spiro atoms. The molecule has 0 atom stereocenters. The number of anilines is 3. The molecule has 23 heavy (non-hydrogen) atoms. The first-order valence-corrected chi connectivity index (χ1v) is 6.45. The van der Waals surface area contributed by atoms with Crippen LogP contribution in [0.3, 0.4) is 0 Å². The van der Waals surface area contributed by atoms with Gasteiger partial charge >= 0.3 is 6.18 Å². The van der Waals surface area contributed by atoms with Gasteiger partial charge in [0, 0.05) is 5.69 Å². The van der Waals surface area contributed by atoms with Crippen LogP contribution < -0.4 is 10.6 Å². The van der Waals surface area contributed by atoms with Gasteiger partial charge in [0.1, 0.15) is 17.9 Å². The Labute approximate surface area is 127 Å². The summed E-state index contributed by atoms with van der Waals surface area (Å²) in [6, 6.07) is 5.38. The second kappa shape index (κ2) is 5.71. The highest BCUT2D eigenvalue weighted by Crippen LogP contribution is 2.23. The van der Waals surface area contributed by atoms with Crippen LogP contribution >= 0.6 is 0 Å². The molecule has 10 heteroatoms. The molecular weight excluding hydrogens is 316 g/mol. The number of aromatic amines is 1. The molecule has 0 aliphatic carbocycles. The van der Waals surface area contributed by atoms with Crippen molar-refractivity contribution >= 4 is 28.6 Å². The average molecular weight is 326 g/mol. The Morgan fingerprint density at radius 1 is 1.09 bits per heavy atom. The van der Waals surface area contributed by atoms with Gasteiger partial charge < -0.3 is 15.6 Å². The molecular formula is C13H10F4N6. The third kappa shape index (κ3) is 3.65. The molecule has 3 N–H and O–H groups in total. The van der Waals surface area contributed by atoms with Crippen molar-refractivity contribution in [3.8, 4) is 0 Å². The monoisotopic (exact) mass is 326 g/mol. The van der Waals surface area contributed by atoms with Crippen molar-refractivity contribution in [2.75, 3.05) is 17.2 Å². The lowest BCUT2D eigenvalue weighted by Gasteiger charge is -2.11. The van der Waals surface area contributed by atoms with Crippen LogP contribution in [0.1, 0.15) is 0 Å². The number of halogens is 4. The Balaban J connectivity index is 1.90. The summed E-state index contributed by atoms with van der Waals surface area (Å²) >= 11 is 0. The fraction of sp³-hybridized carbons (Fsp3) is 0.154. The first kappa shape index (κ1) is 15.0. The fourth-order valence-corrected chi connectivity index (χ4v) is 1.86. The van der Waals surface area contributed by atoms with Crippen LogP contribution in [0.15, 0.2) is 30.6 Å². The molecule has 0 aliphatic rings. The van der Waals surface area contributed by atoms with Gasteiger partial charge in [0.15, 0.2) is 11.5 Å². The van der Waals surface area contributed by atoms with E-state index in [1.165, 1.54) is 30.6 Å². The third-order valence-electron chi connectivity index (χ3n) is 2.84. The highest BCUT2D eigenvalue weighted by molar-refractivity contribution is 5.84. The molecule has 0 fully saturated rings. The summed E-state index contributed by atoms with van der Waals surface area (Å²) in [5.41, 5.74) is 0.955. The lowest BCUT2D eigenvalue weighted by atomic mass is 10.3. The van der Waals surface area contributed by atoms with E-state index in [-0.39, 0.29) is 22.9 Å². The number of benzene rings is 1. The number of hydrogen-bond donors (Lipinski definition) is 3. The number of nitrogens with zero attached hydrogens (tertiary/aromatic N) is 3. The van der Waals surface area contributed by atoms with Gasteiger partial charge in [-0.2, -0.15) is 23.1 Å². The molecule has 0 aliphatic heterocycles. The van der Waals surface area contributed by atoms with Gasteiger partial charge in [0.25, 0.3) is 0 Å². The van der Waals surface area contributed by atoms with Gasteiger partial charge in [-0.05, 0) is 24.3 Å². The number of H-pyrrole nitrogens is 1. The zero-order valence-electron chi connectivity index (χ0n) is 11.4. The highest BCUT2D eigenvalue weighted by atomic mass is 19.4. The average Bonchev–Trinajstić information content (AvgIpc) is 2.95. The molecule has 0 radical (unpaired) electrons. The van der Waals surface area contributed by atoms with E-state index in [0.29, 0.717) is 5.69 Å². The zero-order chi connectivity index (χ0) is 16.4. The summed E-state index contributed by atoms with van der Waals surface area (Å²) in [6.45, 7) is -1.24. The maximum atomic E-state index is 12.9. The summed E-state index contributed by atoms with van der Waals surface area (Å²) in [7, 11) is 0. The summed E-state index contributed by atoms with van der Waals surface area (Å²) < 4.78 is 50.0. The fourth-order valence-electron chi connectivity index (χ4n) is 1.86. The van der Waals surface area contributed by atoms with Crippen molar-refractivity contribution in [2.24, 2.45) is 0 Å². The van der Waals surface area contributed by atoms with Crippen molar-refractivity contribution in [3.05, 3.63) is 36.4 Å². The second-order valence-corrected chi connectivity index (χ2v) is 4.60. The Morgan fingerprint density at radius 2 is 1.83 bits per heavy atom. The van der Waals surface area contributed by atoms with E-state index in [9.17, 15) is 17.6 Å². The Hall–Kier alpha value is -2.91. The number of hydrogen-bond acceptors (Lipinski definition) is 5. The number of imidazole rings is 1. The molecule has 3 rings (SSSR count). The van der Waals surface area contributed by atoms with E-state index in [4.69, 9.17) is 0 Å². The number of alkyl halides is 3. The van der Waals surface area contributed by atoms with Crippen LogP contribution in [0, 0.1) is 5.82 Å². The van der Waals surface area contributed by atoms with Crippen LogP contribution in [0.25, 0.3) is 11.2 Å². The molecule has 120 valence electrons. The Bertz CT molecular complexity index is 811. The third-order valence-corrected chi connectivity index (χ3v) is 2.84. The largest absolute Gasteiger partial charge is 0.405 e. The summed E-state index contributed by atoms with van der Waals surface area (Å²) in [5, 5.41) is 4.99. The maximum absolute atomic E-state index is 12.9. The predicted octanol–water partition coefficient (Wildman–Crippen LogP) is 3.21. The molecule has 2 aromatic heterocycles. The van der Waals surface area contributed by atoms with Gasteiger partial charge in [-0.25, -0.2) is 9.37 Å². The van der Waals surface area contributed by atoms with Crippen LogP contribution in [0.5, 0.6) is 0 Å². The van der Waals surface area contributed by atoms with E-state index < -0.39 is 18.5 Å². The predicted molar refractivity (Wildman–Crippen MR) is 75.9 cm³/mol. The van der Waals surface area contributed by atoms with Crippen molar-refractivity contribution in [1.29, 1.82) is 0 Å². The molecule has 2 heterocycles. The minimum Gasteiger partial charge on any atom is -0.359 e. The summed E-state index contributed by atoms with van der Waals surface area (Å²) in [5.74, 6) is -0.401. The molecule has 0 bridgehead atoms. The summed E-state index contributed by atoms with van der Waals surface area (Å²) in [6.07, 6.45) is -3.08. The minimum atomic E-state index is -4.39. The van der Waals surface area contributed by atoms with Crippen molar-refractivity contribution in [3.63, 3.8) is 0 Å². The zero-order valence-corrected chi connectivity index (χ0v) is 11.4. The standard InChI is InChI=1S/C13H10F4N6/c14-7-1-3-8(4-2-7)21-12-22-10(18-5-13(15,16)17)9-11(23-12)20-6-19-9/h1-4,6H,5H2,(H3,18,19,20,21,22,23). The molecule has 0 unspecified atom stereocenters. The normalized spacial score (nSPS) is 11.7. The first-order valence-electron chi connectivity index (χ1n) is 6.45. The highest BCUT2D eigenvalue weighted by Gasteiger charge is 2.27. The minimum absolute atomic E-state index is 0.0329. The van der Waals surface area contributed by atoms with E-state index in [2.05, 4.69) is 30.6 Å². The van der Waals surface area contributed by atoms with Crippen molar-refractivity contribution in [2.45, 2.75) is 6.18 Å². The Morgan fingerprint density at radius 3 is 2.52 bits per heavy atom. The number of nitrogens with one attached hydrogen (secondary N) is 3. The van der Waals surface area contributed by atoms with E-state index >= 15 is 0 Å². The van der Waals surface area contributed by atoms with E-state index in [1.807, 2.05) is 0 Å². The smallest absolute Gasteiger partial charge is 0.359 e. The van der Waals surface area contributed by atoms with E-state index in [0.717, 1.165) is 0 Å². The van der Waals surface area contributed by atoms with Gasteiger partial charge in [-0.3, -0.25) is 0 Å². The quantitative estimate of drug-likeness (QED) is 0.642. The van der Waals surface area contributed by atoms with Crippen molar-refractivity contribution in [1.82, 2.24) is 19.9 Å². The summed E-state index contributed by atoms with van der Waals surface area (Å²) in [4.78, 5) is 14.7. The van der Waals surface area contributed by atoms with Crippen LogP contribution in [-0.4, -0.2) is 32.7 Å². The SMILES string of the molecule is Fc1ccc(Nc2nc(NCC(F)(F)F)c3[nH]cnc3n2)cc1. The lowest BCUT2D eigenvalue weighted by Crippen LogP contribution is -2.22. The maximum Gasteiger partial charge on any atom is 0.405 e. The van der Waals surface area contributed by atoms with Crippen LogP contribution in [0.4, 0.5) is 35.0 Å². The number of rotatable bonds is 4. The number of fused-ring (bicyclic) bond motifs is 1. The first-order chi connectivity index (χ1) is 10.9. The van der Waals surface area contributed by atoms with Gasteiger partial charge in [0.2, 0.25) is 5.95 Å². The van der Waals surface area contributed by atoms with Gasteiger partial charge in [-0.15, -0.1) is 0 Å². The molecule has 0 saturated carbocycles. The van der Waals surface area contributed by atoms with Crippen molar-refractivity contribution < 1.29 is 17.6 Å². The van der Waals surface area contributed by atoms with Crippen LogP contribution in [-0.2, 0) is 0 Å². The lowest BCUT2D eigenvalue weighted by molar-refractivity contribution is -0.115. The topological polar surface area (TPSA) is 78.5 Å². The van der Waals surface area contributed by atoms with Gasteiger partial charge in [-0.1, -0.05) is 0 Å². The molecule has 3 aromatic rings. The molecule has 6 nitrogen and oxygen atoms in total. The number of aromatic nitrogens is 4. The molecule has 0 saturated heterocycles.